The van der Waals surface area contributed by atoms with Gasteiger partial charge in [-0.15, -0.1) is 11.3 Å². The molecule has 2 amide bonds. The SMILES string of the molecule is CCOC(=O)c1c(C2CC2)csc1NC(=O)CN1CCC(NC(=O)c2ccsc2)CC1. The highest BCUT2D eigenvalue weighted by Gasteiger charge is 2.32. The first-order chi connectivity index (χ1) is 15.0. The van der Waals surface area contributed by atoms with E-state index in [9.17, 15) is 14.4 Å². The molecule has 2 fully saturated rings. The summed E-state index contributed by atoms with van der Waals surface area (Å²) < 4.78 is 5.22. The lowest BCUT2D eigenvalue weighted by atomic mass is 10.0. The van der Waals surface area contributed by atoms with Gasteiger partial charge in [-0.25, -0.2) is 4.79 Å². The van der Waals surface area contributed by atoms with Crippen LogP contribution >= 0.6 is 22.7 Å². The van der Waals surface area contributed by atoms with E-state index in [2.05, 4.69) is 15.5 Å². The summed E-state index contributed by atoms with van der Waals surface area (Å²) in [6.45, 7) is 3.84. The number of amides is 2. The van der Waals surface area contributed by atoms with Gasteiger partial charge in [-0.2, -0.15) is 11.3 Å². The van der Waals surface area contributed by atoms with Gasteiger partial charge >= 0.3 is 5.97 Å². The molecule has 0 radical (unpaired) electrons. The molecule has 1 aliphatic carbocycles. The van der Waals surface area contributed by atoms with Crippen molar-refractivity contribution < 1.29 is 19.1 Å². The number of ether oxygens (including phenoxy) is 1. The Hall–Kier alpha value is -2.23. The highest BCUT2D eigenvalue weighted by atomic mass is 32.1. The molecule has 0 atom stereocenters. The van der Waals surface area contributed by atoms with Crippen LogP contribution in [-0.4, -0.2) is 55.0 Å². The van der Waals surface area contributed by atoms with Crippen LogP contribution in [0.4, 0.5) is 5.00 Å². The Bertz CT molecular complexity index is 929. The molecule has 9 heteroatoms. The number of thiophene rings is 2. The van der Waals surface area contributed by atoms with Crippen LogP contribution in [0.15, 0.2) is 22.2 Å². The van der Waals surface area contributed by atoms with E-state index in [1.54, 1.807) is 6.92 Å². The molecular weight excluding hydrogens is 434 g/mol. The highest BCUT2D eigenvalue weighted by molar-refractivity contribution is 7.15. The Kier molecular flexibility index (Phi) is 7.04. The molecule has 166 valence electrons. The standard InChI is InChI=1S/C22H27N3O4S2/c1-2-29-22(28)19-17(14-3-4-14)13-31-21(19)24-18(26)11-25-8-5-16(6-9-25)23-20(27)15-7-10-30-12-15/h7,10,12-14,16H,2-6,8-9,11H2,1H3,(H,23,27)(H,24,26). The Morgan fingerprint density at radius 3 is 2.58 bits per heavy atom. The van der Waals surface area contributed by atoms with Crippen molar-refractivity contribution in [3.8, 4) is 0 Å². The molecule has 2 N–H and O–H groups in total. The van der Waals surface area contributed by atoms with E-state index in [1.165, 1.54) is 22.7 Å². The summed E-state index contributed by atoms with van der Waals surface area (Å²) in [5.74, 6) is -0.114. The summed E-state index contributed by atoms with van der Waals surface area (Å²) in [5.41, 5.74) is 2.23. The van der Waals surface area contributed by atoms with Crippen molar-refractivity contribution in [2.45, 2.75) is 44.6 Å². The fourth-order valence-electron chi connectivity index (χ4n) is 3.84. The molecule has 2 aliphatic rings. The third-order valence-electron chi connectivity index (χ3n) is 5.64. The van der Waals surface area contributed by atoms with Gasteiger partial charge in [0.15, 0.2) is 0 Å². The predicted octanol–water partition coefficient (Wildman–Crippen LogP) is 3.70. The number of hydrogen-bond donors (Lipinski definition) is 2. The molecule has 2 aromatic heterocycles. The van der Waals surface area contributed by atoms with Crippen LogP contribution in [0.1, 0.15) is 64.8 Å². The molecule has 0 bridgehead atoms. The van der Waals surface area contributed by atoms with Gasteiger partial charge in [-0.05, 0) is 60.9 Å². The predicted molar refractivity (Wildman–Crippen MR) is 122 cm³/mol. The summed E-state index contributed by atoms with van der Waals surface area (Å²) >= 11 is 2.90. The molecule has 7 nitrogen and oxygen atoms in total. The molecule has 0 spiro atoms. The number of carbonyl (C=O) groups is 3. The lowest BCUT2D eigenvalue weighted by Crippen LogP contribution is -2.46. The van der Waals surface area contributed by atoms with Crippen molar-refractivity contribution in [1.82, 2.24) is 10.2 Å². The minimum Gasteiger partial charge on any atom is -0.462 e. The molecule has 31 heavy (non-hydrogen) atoms. The maximum Gasteiger partial charge on any atom is 0.341 e. The normalized spacial score (nSPS) is 17.3. The Balaban J connectivity index is 1.28. The second kappa shape index (κ2) is 9.93. The van der Waals surface area contributed by atoms with Crippen molar-refractivity contribution in [3.63, 3.8) is 0 Å². The average Bonchev–Trinajstić information content (AvgIpc) is 3.27. The van der Waals surface area contributed by atoms with Crippen molar-refractivity contribution in [2.75, 3.05) is 31.6 Å². The lowest BCUT2D eigenvalue weighted by molar-refractivity contribution is -0.117. The van der Waals surface area contributed by atoms with E-state index in [0.29, 0.717) is 28.7 Å². The van der Waals surface area contributed by atoms with Gasteiger partial charge in [-0.3, -0.25) is 14.5 Å². The monoisotopic (exact) mass is 461 g/mol. The van der Waals surface area contributed by atoms with Gasteiger partial charge in [0, 0.05) is 30.1 Å². The van der Waals surface area contributed by atoms with Crippen LogP contribution in [0.3, 0.4) is 0 Å². The second-order valence-electron chi connectivity index (χ2n) is 7.97. The Morgan fingerprint density at radius 1 is 1.16 bits per heavy atom. The minimum absolute atomic E-state index is 0.0342. The van der Waals surface area contributed by atoms with Gasteiger partial charge in [0.2, 0.25) is 5.91 Å². The number of nitrogens with one attached hydrogen (secondary N) is 2. The van der Waals surface area contributed by atoms with E-state index in [1.807, 2.05) is 22.2 Å². The molecule has 4 rings (SSSR count). The minimum atomic E-state index is -0.358. The molecule has 1 saturated heterocycles. The van der Waals surface area contributed by atoms with Crippen LogP contribution < -0.4 is 10.6 Å². The maximum absolute atomic E-state index is 12.7. The number of esters is 1. The van der Waals surface area contributed by atoms with E-state index in [4.69, 9.17) is 4.74 Å². The number of carbonyl (C=O) groups excluding carboxylic acids is 3. The van der Waals surface area contributed by atoms with Crippen LogP contribution in [0.5, 0.6) is 0 Å². The van der Waals surface area contributed by atoms with Crippen molar-refractivity contribution >= 4 is 45.5 Å². The fourth-order valence-corrected chi connectivity index (χ4v) is 5.52. The van der Waals surface area contributed by atoms with Gasteiger partial charge < -0.3 is 15.4 Å². The van der Waals surface area contributed by atoms with Crippen molar-refractivity contribution in [1.29, 1.82) is 0 Å². The number of rotatable bonds is 8. The van der Waals surface area contributed by atoms with Gasteiger partial charge in [0.05, 0.1) is 18.7 Å². The first-order valence-electron chi connectivity index (χ1n) is 10.7. The van der Waals surface area contributed by atoms with Crippen molar-refractivity contribution in [3.05, 3.63) is 38.9 Å². The van der Waals surface area contributed by atoms with Crippen LogP contribution in [0.2, 0.25) is 0 Å². The number of anilines is 1. The second-order valence-corrected chi connectivity index (χ2v) is 9.63. The highest BCUT2D eigenvalue weighted by Crippen LogP contribution is 2.46. The topological polar surface area (TPSA) is 87.7 Å². The average molecular weight is 462 g/mol. The largest absolute Gasteiger partial charge is 0.462 e. The third kappa shape index (κ3) is 5.53. The van der Waals surface area contributed by atoms with Gasteiger partial charge in [0.25, 0.3) is 5.91 Å². The quantitative estimate of drug-likeness (QED) is 0.586. The summed E-state index contributed by atoms with van der Waals surface area (Å²) in [5, 5.41) is 12.3. The van der Waals surface area contributed by atoms with Crippen LogP contribution in [0, 0.1) is 0 Å². The summed E-state index contributed by atoms with van der Waals surface area (Å²) in [4.78, 5) is 39.4. The van der Waals surface area contributed by atoms with Gasteiger partial charge in [-0.1, -0.05) is 0 Å². The van der Waals surface area contributed by atoms with E-state index in [0.717, 1.165) is 44.3 Å². The Labute approximate surface area is 189 Å². The number of likely N-dealkylation sites (tertiary alicyclic amines) is 1. The summed E-state index contributed by atoms with van der Waals surface area (Å²) in [7, 11) is 0. The molecule has 1 saturated carbocycles. The summed E-state index contributed by atoms with van der Waals surface area (Å²) in [6, 6.07) is 1.95. The summed E-state index contributed by atoms with van der Waals surface area (Å²) in [6.07, 6.45) is 3.77. The zero-order valence-electron chi connectivity index (χ0n) is 17.5. The van der Waals surface area contributed by atoms with Crippen LogP contribution in [-0.2, 0) is 9.53 Å². The van der Waals surface area contributed by atoms with E-state index < -0.39 is 0 Å². The van der Waals surface area contributed by atoms with Crippen LogP contribution in [0.25, 0.3) is 0 Å². The number of piperidine rings is 1. The first-order valence-corrected chi connectivity index (χ1v) is 12.5. The molecular formula is C22H27N3O4S2. The lowest BCUT2D eigenvalue weighted by Gasteiger charge is -2.31. The molecule has 3 heterocycles. The molecule has 0 aromatic carbocycles. The smallest absolute Gasteiger partial charge is 0.341 e. The van der Waals surface area contributed by atoms with E-state index >= 15 is 0 Å². The van der Waals surface area contributed by atoms with Crippen molar-refractivity contribution in [2.24, 2.45) is 0 Å². The first kappa shape index (κ1) is 22.0. The van der Waals surface area contributed by atoms with Gasteiger partial charge in [0.1, 0.15) is 5.00 Å². The fraction of sp³-hybridized carbons (Fsp3) is 0.500. The zero-order chi connectivity index (χ0) is 21.8. The molecule has 0 unspecified atom stereocenters. The number of nitrogens with zero attached hydrogens (tertiary/aromatic N) is 1. The molecule has 2 aromatic rings. The molecule has 1 aliphatic heterocycles. The zero-order valence-corrected chi connectivity index (χ0v) is 19.2. The van der Waals surface area contributed by atoms with E-state index in [-0.39, 0.29) is 30.4 Å². The maximum atomic E-state index is 12.7. The third-order valence-corrected chi connectivity index (χ3v) is 7.24. The number of hydrogen-bond acceptors (Lipinski definition) is 7. The Morgan fingerprint density at radius 2 is 1.94 bits per heavy atom.